The first-order valence-electron chi connectivity index (χ1n) is 3.55. The van der Waals surface area contributed by atoms with E-state index in [1.54, 1.807) is 0 Å². The molecule has 3 heteroatoms. The molecule has 1 aromatic heterocycles. The molecule has 11 heavy (non-hydrogen) atoms. The molecule has 0 radical (unpaired) electrons. The maximum absolute atomic E-state index is 10.6. The summed E-state index contributed by atoms with van der Waals surface area (Å²) in [6, 6.07) is 2.08. The van der Waals surface area contributed by atoms with Gasteiger partial charge in [0.05, 0.1) is 8.66 Å². The van der Waals surface area contributed by atoms with Gasteiger partial charge in [0.25, 0.3) is 0 Å². The van der Waals surface area contributed by atoms with Crippen LogP contribution in [-0.4, -0.2) is 6.29 Å². The van der Waals surface area contributed by atoms with Crippen molar-refractivity contribution in [2.75, 3.05) is 0 Å². The van der Waals surface area contributed by atoms with Crippen molar-refractivity contribution in [3.05, 3.63) is 20.3 Å². The molecule has 1 aliphatic rings. The summed E-state index contributed by atoms with van der Waals surface area (Å²) in [6.07, 6.45) is 3.47. The predicted octanol–water partition coefficient (Wildman–Crippen LogP) is 3.20. The number of halogens is 1. The van der Waals surface area contributed by atoms with Crippen LogP contribution in [-0.2, 0) is 0 Å². The molecule has 0 atom stereocenters. The lowest BCUT2D eigenvalue weighted by Crippen LogP contribution is -1.80. The third-order valence-electron chi connectivity index (χ3n) is 1.89. The van der Waals surface area contributed by atoms with Gasteiger partial charge in [-0.25, -0.2) is 0 Å². The Hall–Kier alpha value is -0.150. The van der Waals surface area contributed by atoms with Crippen LogP contribution in [0, 0.1) is 0 Å². The highest BCUT2D eigenvalue weighted by Crippen LogP contribution is 2.44. The predicted molar refractivity (Wildman–Crippen MR) is 49.4 cm³/mol. The van der Waals surface area contributed by atoms with Crippen molar-refractivity contribution in [2.45, 2.75) is 18.8 Å². The first kappa shape index (κ1) is 7.50. The average molecular weight is 231 g/mol. The van der Waals surface area contributed by atoms with Crippen LogP contribution in [0.3, 0.4) is 0 Å². The van der Waals surface area contributed by atoms with Crippen LogP contribution in [0.15, 0.2) is 9.85 Å². The molecule has 1 nitrogen and oxygen atoms in total. The zero-order valence-corrected chi connectivity index (χ0v) is 8.24. The fourth-order valence-corrected chi connectivity index (χ4v) is 2.75. The Morgan fingerprint density at radius 2 is 2.36 bits per heavy atom. The van der Waals surface area contributed by atoms with Crippen molar-refractivity contribution < 1.29 is 4.79 Å². The van der Waals surface area contributed by atoms with Crippen LogP contribution >= 0.6 is 27.3 Å². The summed E-state index contributed by atoms with van der Waals surface area (Å²) in [5, 5.41) is 0. The molecular formula is C8H7BrOS. The standard InChI is InChI=1S/C8H7BrOS/c9-8-3-6(5-1-2-5)7(4-10)11-8/h3-5H,1-2H2. The molecule has 1 aliphatic carbocycles. The Labute approximate surface area is 77.6 Å². The third-order valence-corrected chi connectivity index (χ3v) is 3.46. The summed E-state index contributed by atoms with van der Waals surface area (Å²) in [4.78, 5) is 11.5. The highest BCUT2D eigenvalue weighted by molar-refractivity contribution is 9.11. The molecule has 0 amide bonds. The second-order valence-corrected chi connectivity index (χ2v) is 5.23. The monoisotopic (exact) mass is 230 g/mol. The minimum atomic E-state index is 0.678. The molecule has 0 aromatic carbocycles. The molecule has 1 heterocycles. The highest BCUT2D eigenvalue weighted by atomic mass is 79.9. The van der Waals surface area contributed by atoms with Crippen LogP contribution in [0.25, 0.3) is 0 Å². The van der Waals surface area contributed by atoms with Crippen molar-refractivity contribution in [1.29, 1.82) is 0 Å². The van der Waals surface area contributed by atoms with E-state index in [0.29, 0.717) is 5.92 Å². The van der Waals surface area contributed by atoms with E-state index in [1.807, 2.05) is 0 Å². The molecule has 1 fully saturated rings. The Balaban J connectivity index is 2.41. The van der Waals surface area contributed by atoms with E-state index in [4.69, 9.17) is 0 Å². The van der Waals surface area contributed by atoms with Crippen molar-refractivity contribution in [2.24, 2.45) is 0 Å². The zero-order valence-electron chi connectivity index (χ0n) is 5.84. The van der Waals surface area contributed by atoms with Crippen molar-refractivity contribution in [1.82, 2.24) is 0 Å². The molecule has 0 unspecified atom stereocenters. The Bertz CT molecular complexity index is 288. The van der Waals surface area contributed by atoms with E-state index in [1.165, 1.54) is 29.7 Å². The molecule has 58 valence electrons. The topological polar surface area (TPSA) is 17.1 Å². The van der Waals surface area contributed by atoms with Crippen LogP contribution < -0.4 is 0 Å². The van der Waals surface area contributed by atoms with Gasteiger partial charge in [-0.15, -0.1) is 11.3 Å². The third kappa shape index (κ3) is 1.40. The summed E-state index contributed by atoms with van der Waals surface area (Å²) < 4.78 is 1.07. The van der Waals surface area contributed by atoms with E-state index in [0.717, 1.165) is 14.9 Å². The largest absolute Gasteiger partial charge is 0.297 e. The Morgan fingerprint density at radius 1 is 1.64 bits per heavy atom. The van der Waals surface area contributed by atoms with Crippen LogP contribution in [0.4, 0.5) is 0 Å². The van der Waals surface area contributed by atoms with Crippen LogP contribution in [0.2, 0.25) is 0 Å². The smallest absolute Gasteiger partial charge is 0.160 e. The summed E-state index contributed by atoms with van der Waals surface area (Å²) in [6.45, 7) is 0. The normalized spacial score (nSPS) is 16.8. The second-order valence-electron chi connectivity index (χ2n) is 2.76. The highest BCUT2D eigenvalue weighted by Gasteiger charge is 2.27. The zero-order chi connectivity index (χ0) is 7.84. The van der Waals surface area contributed by atoms with Gasteiger partial charge in [0, 0.05) is 0 Å². The molecule has 1 aromatic rings. The van der Waals surface area contributed by atoms with Crippen molar-refractivity contribution in [3.8, 4) is 0 Å². The molecule has 0 saturated heterocycles. The first-order chi connectivity index (χ1) is 5.31. The van der Waals surface area contributed by atoms with Gasteiger partial charge in [-0.05, 0) is 46.3 Å². The van der Waals surface area contributed by atoms with Gasteiger partial charge in [-0.1, -0.05) is 0 Å². The van der Waals surface area contributed by atoms with Gasteiger partial charge in [-0.3, -0.25) is 4.79 Å². The fraction of sp³-hybridized carbons (Fsp3) is 0.375. The van der Waals surface area contributed by atoms with Crippen LogP contribution in [0.1, 0.15) is 34.0 Å². The van der Waals surface area contributed by atoms with Crippen LogP contribution in [0.5, 0.6) is 0 Å². The number of rotatable bonds is 2. The average Bonchev–Trinajstić information content (AvgIpc) is 2.75. The van der Waals surface area contributed by atoms with Gasteiger partial charge >= 0.3 is 0 Å². The number of aldehydes is 1. The molecular weight excluding hydrogens is 224 g/mol. The number of carbonyl (C=O) groups is 1. The molecule has 0 aliphatic heterocycles. The minimum absolute atomic E-state index is 0.678. The van der Waals surface area contributed by atoms with Gasteiger partial charge < -0.3 is 0 Å². The van der Waals surface area contributed by atoms with Gasteiger partial charge in [-0.2, -0.15) is 0 Å². The molecule has 1 saturated carbocycles. The molecule has 2 rings (SSSR count). The van der Waals surface area contributed by atoms with Gasteiger partial charge in [0.1, 0.15) is 0 Å². The van der Waals surface area contributed by atoms with E-state index in [2.05, 4.69) is 22.0 Å². The first-order valence-corrected chi connectivity index (χ1v) is 5.16. The maximum atomic E-state index is 10.6. The number of hydrogen-bond acceptors (Lipinski definition) is 2. The Morgan fingerprint density at radius 3 is 2.91 bits per heavy atom. The summed E-state index contributed by atoms with van der Waals surface area (Å²) >= 11 is 4.91. The SMILES string of the molecule is O=Cc1sc(Br)cc1C1CC1. The maximum Gasteiger partial charge on any atom is 0.160 e. The minimum Gasteiger partial charge on any atom is -0.297 e. The number of carbonyl (C=O) groups excluding carboxylic acids is 1. The summed E-state index contributed by atoms with van der Waals surface area (Å²) in [5.74, 6) is 0.678. The summed E-state index contributed by atoms with van der Waals surface area (Å²) in [5.41, 5.74) is 1.25. The van der Waals surface area contributed by atoms with E-state index >= 15 is 0 Å². The molecule has 0 bridgehead atoms. The Kier molecular flexibility index (Phi) is 1.85. The second kappa shape index (κ2) is 2.72. The lowest BCUT2D eigenvalue weighted by atomic mass is 10.2. The van der Waals surface area contributed by atoms with Crippen molar-refractivity contribution >= 4 is 33.6 Å². The lowest BCUT2D eigenvalue weighted by Gasteiger charge is -1.89. The number of thiophene rings is 1. The lowest BCUT2D eigenvalue weighted by molar-refractivity contribution is 0.112. The van der Waals surface area contributed by atoms with E-state index in [9.17, 15) is 4.79 Å². The quantitative estimate of drug-likeness (QED) is 0.714. The molecule has 0 N–H and O–H groups in total. The van der Waals surface area contributed by atoms with Gasteiger partial charge in [0.15, 0.2) is 6.29 Å². The van der Waals surface area contributed by atoms with Crippen molar-refractivity contribution in [3.63, 3.8) is 0 Å². The van der Waals surface area contributed by atoms with E-state index < -0.39 is 0 Å². The van der Waals surface area contributed by atoms with E-state index in [-0.39, 0.29) is 0 Å². The van der Waals surface area contributed by atoms with Gasteiger partial charge in [0.2, 0.25) is 0 Å². The fourth-order valence-electron chi connectivity index (χ4n) is 1.19. The summed E-state index contributed by atoms with van der Waals surface area (Å²) in [7, 11) is 0. The number of hydrogen-bond donors (Lipinski definition) is 0. The molecule has 0 spiro atoms.